The zero-order valence-electron chi connectivity index (χ0n) is 18.5. The minimum Gasteiger partial charge on any atom is -0.294 e. The van der Waals surface area contributed by atoms with Gasteiger partial charge in [0.05, 0.1) is 10.6 Å². The molecular formula is C27H22N4O2S. The Labute approximate surface area is 198 Å². The lowest BCUT2D eigenvalue weighted by Crippen LogP contribution is -2.14. The topological polar surface area (TPSA) is 75.2 Å². The molecule has 0 radical (unpaired) electrons. The van der Waals surface area contributed by atoms with Crippen molar-refractivity contribution in [2.45, 2.75) is 11.8 Å². The molecule has 0 spiro atoms. The van der Waals surface area contributed by atoms with Gasteiger partial charge in [-0.25, -0.2) is 18.4 Å². The first-order valence-corrected chi connectivity index (χ1v) is 12.2. The Kier molecular flexibility index (Phi) is 5.69. The molecule has 1 aromatic heterocycles. The Balaban J connectivity index is 1.53. The van der Waals surface area contributed by atoms with E-state index < -0.39 is 10.0 Å². The molecule has 0 aliphatic heterocycles. The highest BCUT2D eigenvalue weighted by Crippen LogP contribution is 2.38. The third-order valence-electron chi connectivity index (χ3n) is 5.48. The summed E-state index contributed by atoms with van der Waals surface area (Å²) in [5.41, 5.74) is 3.16. The number of hydrogen-bond donors (Lipinski definition) is 1. The van der Waals surface area contributed by atoms with E-state index in [0.29, 0.717) is 11.5 Å². The number of benzene rings is 4. The van der Waals surface area contributed by atoms with Crippen LogP contribution in [0, 0.1) is 6.92 Å². The second kappa shape index (κ2) is 8.96. The van der Waals surface area contributed by atoms with E-state index in [1.165, 1.54) is 6.33 Å². The molecule has 34 heavy (non-hydrogen) atoms. The van der Waals surface area contributed by atoms with Crippen LogP contribution in [0.2, 0.25) is 0 Å². The summed E-state index contributed by atoms with van der Waals surface area (Å²) in [4.78, 5) is 10.8. The molecule has 6 nitrogen and oxygen atoms in total. The van der Waals surface area contributed by atoms with Gasteiger partial charge < -0.3 is 0 Å². The molecule has 1 N–H and O–H groups in total. The van der Waals surface area contributed by atoms with E-state index >= 15 is 0 Å². The molecule has 0 saturated carbocycles. The van der Waals surface area contributed by atoms with Gasteiger partial charge in [0.25, 0.3) is 10.0 Å². The summed E-state index contributed by atoms with van der Waals surface area (Å²) in [7, 11) is -3.69. The highest BCUT2D eigenvalue weighted by Gasteiger charge is 2.18. The molecule has 0 aliphatic carbocycles. The summed E-state index contributed by atoms with van der Waals surface area (Å²) < 4.78 is 28.3. The summed E-state index contributed by atoms with van der Waals surface area (Å²) in [6, 6.07) is 30.2. The number of nitrogens with one attached hydrogen (secondary N) is 1. The summed E-state index contributed by atoms with van der Waals surface area (Å²) in [5, 5.41) is 2.19. The minimum absolute atomic E-state index is 0.231. The van der Waals surface area contributed by atoms with E-state index in [2.05, 4.69) is 32.9 Å². The van der Waals surface area contributed by atoms with Gasteiger partial charge in [-0.1, -0.05) is 48.5 Å². The predicted octanol–water partition coefficient (Wildman–Crippen LogP) is 6.21. The van der Waals surface area contributed by atoms with Gasteiger partial charge in [0.1, 0.15) is 12.1 Å². The van der Waals surface area contributed by atoms with Crippen LogP contribution in [-0.2, 0) is 10.0 Å². The number of aryl methyl sites for hydroxylation is 1. The Morgan fingerprint density at radius 3 is 2.35 bits per heavy atom. The number of sulfonamides is 1. The molecule has 5 aromatic rings. The van der Waals surface area contributed by atoms with Crippen molar-refractivity contribution < 1.29 is 8.42 Å². The van der Waals surface area contributed by atoms with Crippen LogP contribution in [0.5, 0.6) is 0 Å². The molecule has 0 bridgehead atoms. The highest BCUT2D eigenvalue weighted by atomic mass is 32.2. The van der Waals surface area contributed by atoms with Gasteiger partial charge in [-0.15, -0.1) is 0 Å². The summed E-state index contributed by atoms with van der Waals surface area (Å²) in [6.45, 7) is 1.86. The lowest BCUT2D eigenvalue weighted by atomic mass is 10.1. The summed E-state index contributed by atoms with van der Waals surface area (Å²) in [6.07, 6.45) is 3.21. The van der Waals surface area contributed by atoms with Gasteiger partial charge in [-0.05, 0) is 66.4 Å². The smallest absolute Gasteiger partial charge is 0.261 e. The molecule has 0 fully saturated rings. The third kappa shape index (κ3) is 4.33. The van der Waals surface area contributed by atoms with Crippen LogP contribution in [0.15, 0.2) is 114 Å². The molecule has 0 amide bonds. The monoisotopic (exact) mass is 466 g/mol. The third-order valence-corrected chi connectivity index (χ3v) is 6.86. The molecule has 0 unspecified atom stereocenters. The van der Waals surface area contributed by atoms with Gasteiger partial charge in [0.2, 0.25) is 0 Å². The first-order valence-electron chi connectivity index (χ1n) is 10.7. The quantitative estimate of drug-likeness (QED) is 0.322. The van der Waals surface area contributed by atoms with Crippen molar-refractivity contribution in [3.8, 4) is 0 Å². The van der Waals surface area contributed by atoms with Gasteiger partial charge in [0.15, 0.2) is 0 Å². The van der Waals surface area contributed by atoms with Crippen LogP contribution >= 0.6 is 0 Å². The average molecular weight is 467 g/mol. The van der Waals surface area contributed by atoms with Crippen molar-refractivity contribution >= 4 is 43.7 Å². The molecule has 1 heterocycles. The molecule has 5 rings (SSSR count). The first kappa shape index (κ1) is 21.6. The Morgan fingerprint density at radius 2 is 1.59 bits per heavy atom. The number of hydrogen-bond acceptors (Lipinski definition) is 5. The van der Waals surface area contributed by atoms with Crippen LogP contribution in [0.1, 0.15) is 5.56 Å². The fourth-order valence-corrected chi connectivity index (χ4v) is 5.05. The SMILES string of the molecule is Cc1cccc(S(=O)(=O)Nc2ccc(N(c3ccncn3)c3cccc4ccccc34)cc2)c1. The Bertz CT molecular complexity index is 1550. The fourth-order valence-electron chi connectivity index (χ4n) is 3.89. The van der Waals surface area contributed by atoms with Crippen molar-refractivity contribution in [3.05, 3.63) is 115 Å². The summed E-state index contributed by atoms with van der Waals surface area (Å²) in [5.74, 6) is 0.708. The zero-order chi connectivity index (χ0) is 23.5. The zero-order valence-corrected chi connectivity index (χ0v) is 19.3. The van der Waals surface area contributed by atoms with Crippen molar-refractivity contribution in [1.29, 1.82) is 0 Å². The van der Waals surface area contributed by atoms with E-state index in [1.54, 1.807) is 36.5 Å². The van der Waals surface area contributed by atoms with Crippen LogP contribution in [-0.4, -0.2) is 18.4 Å². The van der Waals surface area contributed by atoms with E-state index in [0.717, 1.165) is 27.7 Å². The molecule has 4 aromatic carbocycles. The normalized spacial score (nSPS) is 11.3. The van der Waals surface area contributed by atoms with Crippen molar-refractivity contribution in [3.63, 3.8) is 0 Å². The van der Waals surface area contributed by atoms with Crippen molar-refractivity contribution in [2.75, 3.05) is 9.62 Å². The van der Waals surface area contributed by atoms with Crippen LogP contribution in [0.3, 0.4) is 0 Å². The highest BCUT2D eigenvalue weighted by molar-refractivity contribution is 7.92. The standard InChI is InChI=1S/C27H22N4O2S/c1-20-6-4-9-24(18-20)34(32,33)30-22-12-14-23(15-13-22)31(27-16-17-28-19-29-27)26-11-5-8-21-7-2-3-10-25(21)26/h2-19,30H,1H3. The maximum Gasteiger partial charge on any atom is 0.261 e. The number of anilines is 4. The van der Waals surface area contributed by atoms with Gasteiger partial charge >= 0.3 is 0 Å². The number of fused-ring (bicyclic) bond motifs is 1. The minimum atomic E-state index is -3.69. The lowest BCUT2D eigenvalue weighted by Gasteiger charge is -2.25. The van der Waals surface area contributed by atoms with E-state index in [9.17, 15) is 8.42 Å². The van der Waals surface area contributed by atoms with Gasteiger partial charge in [-0.2, -0.15) is 0 Å². The number of rotatable bonds is 6. The number of aromatic nitrogens is 2. The Hall–Kier alpha value is -4.23. The van der Waals surface area contributed by atoms with Crippen LogP contribution in [0.4, 0.5) is 22.9 Å². The van der Waals surface area contributed by atoms with Crippen molar-refractivity contribution in [2.24, 2.45) is 0 Å². The van der Waals surface area contributed by atoms with Crippen LogP contribution < -0.4 is 9.62 Å². The Morgan fingerprint density at radius 1 is 0.824 bits per heavy atom. The second-order valence-corrected chi connectivity index (χ2v) is 9.55. The maximum absolute atomic E-state index is 12.8. The van der Waals surface area contributed by atoms with Gasteiger partial charge in [-0.3, -0.25) is 9.62 Å². The molecular weight excluding hydrogens is 444 g/mol. The van der Waals surface area contributed by atoms with Gasteiger partial charge in [0, 0.05) is 23.0 Å². The summed E-state index contributed by atoms with van der Waals surface area (Å²) >= 11 is 0. The molecule has 168 valence electrons. The van der Waals surface area contributed by atoms with Crippen LogP contribution in [0.25, 0.3) is 10.8 Å². The molecule has 0 aliphatic rings. The second-order valence-electron chi connectivity index (χ2n) is 7.87. The molecule has 7 heteroatoms. The average Bonchev–Trinajstić information content (AvgIpc) is 2.86. The molecule has 0 saturated heterocycles. The molecule has 0 atom stereocenters. The van der Waals surface area contributed by atoms with Crippen molar-refractivity contribution in [1.82, 2.24) is 9.97 Å². The number of nitrogens with zero attached hydrogens (tertiary/aromatic N) is 3. The van der Waals surface area contributed by atoms with E-state index in [-0.39, 0.29) is 4.90 Å². The maximum atomic E-state index is 12.8. The first-order chi connectivity index (χ1) is 16.5. The van der Waals surface area contributed by atoms with E-state index in [4.69, 9.17) is 0 Å². The largest absolute Gasteiger partial charge is 0.294 e. The van der Waals surface area contributed by atoms with E-state index in [1.807, 2.05) is 60.4 Å². The lowest BCUT2D eigenvalue weighted by molar-refractivity contribution is 0.601. The predicted molar refractivity (Wildman–Crippen MR) is 136 cm³/mol. The fraction of sp³-hybridized carbons (Fsp3) is 0.0370.